The Hall–Kier alpha value is -3.87. The van der Waals surface area contributed by atoms with Gasteiger partial charge in [0.2, 0.25) is 0 Å². The van der Waals surface area contributed by atoms with Gasteiger partial charge in [-0.05, 0) is 36.4 Å². The molecule has 0 saturated heterocycles. The summed E-state index contributed by atoms with van der Waals surface area (Å²) >= 11 is 0. The highest BCUT2D eigenvalue weighted by molar-refractivity contribution is 5.90. The Balaban J connectivity index is 1.64. The van der Waals surface area contributed by atoms with Crippen LogP contribution in [0.4, 0.5) is 11.5 Å². The molecular formula is C20H14N6O. The van der Waals surface area contributed by atoms with Crippen LogP contribution in [-0.4, -0.2) is 24.9 Å². The summed E-state index contributed by atoms with van der Waals surface area (Å²) in [5.41, 5.74) is 3.90. The molecule has 0 amide bonds. The molecule has 0 aliphatic rings. The van der Waals surface area contributed by atoms with Crippen molar-refractivity contribution in [2.24, 2.45) is 0 Å². The van der Waals surface area contributed by atoms with Crippen LogP contribution in [0, 0.1) is 6.92 Å². The van der Waals surface area contributed by atoms with E-state index in [1.807, 2.05) is 49.4 Å². The predicted molar refractivity (Wildman–Crippen MR) is 103 cm³/mol. The van der Waals surface area contributed by atoms with Gasteiger partial charge in [-0.25, -0.2) is 19.9 Å². The summed E-state index contributed by atoms with van der Waals surface area (Å²) in [4.78, 5) is 22.1. The van der Waals surface area contributed by atoms with Crippen molar-refractivity contribution in [2.45, 2.75) is 6.92 Å². The fourth-order valence-electron chi connectivity index (χ4n) is 2.94. The molecule has 5 aromatic rings. The number of anilines is 2. The maximum Gasteiger partial charge on any atom is 0.192 e. The minimum atomic E-state index is 0.586. The molecule has 0 saturated carbocycles. The van der Waals surface area contributed by atoms with Crippen molar-refractivity contribution in [2.75, 3.05) is 5.32 Å². The Morgan fingerprint density at radius 1 is 0.926 bits per heavy atom. The van der Waals surface area contributed by atoms with E-state index in [0.29, 0.717) is 23.2 Å². The molecule has 5 rings (SSSR count). The lowest BCUT2D eigenvalue weighted by Gasteiger charge is -2.10. The molecule has 130 valence electrons. The molecule has 7 heteroatoms. The first kappa shape index (κ1) is 15.4. The maximum absolute atomic E-state index is 5.62. The molecular weight excluding hydrogens is 340 g/mol. The zero-order valence-corrected chi connectivity index (χ0v) is 14.4. The number of nitrogens with one attached hydrogen (secondary N) is 1. The van der Waals surface area contributed by atoms with Gasteiger partial charge in [-0.3, -0.25) is 4.98 Å². The van der Waals surface area contributed by atoms with Gasteiger partial charge < -0.3 is 9.73 Å². The first-order chi connectivity index (χ1) is 13.3. The van der Waals surface area contributed by atoms with Crippen LogP contribution in [0.5, 0.6) is 0 Å². The number of nitrogens with zero attached hydrogens (tertiary/aromatic N) is 5. The van der Waals surface area contributed by atoms with Crippen molar-refractivity contribution in [3.05, 3.63) is 66.9 Å². The number of oxazole rings is 1. The van der Waals surface area contributed by atoms with Crippen LogP contribution < -0.4 is 5.32 Å². The van der Waals surface area contributed by atoms with E-state index in [4.69, 9.17) is 9.40 Å². The van der Waals surface area contributed by atoms with E-state index < -0.39 is 0 Å². The minimum absolute atomic E-state index is 0.586. The summed E-state index contributed by atoms with van der Waals surface area (Å²) in [6.45, 7) is 1.83. The fourth-order valence-corrected chi connectivity index (χ4v) is 2.94. The Labute approximate surface area is 154 Å². The van der Waals surface area contributed by atoms with E-state index in [-0.39, 0.29) is 0 Å². The van der Waals surface area contributed by atoms with E-state index in [1.165, 1.54) is 0 Å². The Kier molecular flexibility index (Phi) is 3.50. The van der Waals surface area contributed by atoms with Gasteiger partial charge in [-0.2, -0.15) is 0 Å². The molecule has 0 aliphatic heterocycles. The first-order valence-electron chi connectivity index (χ1n) is 8.44. The van der Waals surface area contributed by atoms with Crippen molar-refractivity contribution in [1.29, 1.82) is 0 Å². The molecule has 4 heterocycles. The second-order valence-corrected chi connectivity index (χ2v) is 6.05. The SMILES string of the molecule is Cc1nc2ccc(Nc3nc(-c4ccncc4)nc4ncccc34)cc2o1. The number of aryl methyl sites for hydroxylation is 1. The molecule has 0 atom stereocenters. The summed E-state index contributed by atoms with van der Waals surface area (Å²) in [7, 11) is 0. The summed E-state index contributed by atoms with van der Waals surface area (Å²) in [5.74, 6) is 1.90. The summed E-state index contributed by atoms with van der Waals surface area (Å²) in [6.07, 6.45) is 5.15. The van der Waals surface area contributed by atoms with Crippen molar-refractivity contribution in [1.82, 2.24) is 24.9 Å². The van der Waals surface area contributed by atoms with Gasteiger partial charge in [-0.1, -0.05) is 0 Å². The van der Waals surface area contributed by atoms with E-state index >= 15 is 0 Å². The van der Waals surface area contributed by atoms with Crippen LogP contribution in [0.1, 0.15) is 5.89 Å². The molecule has 0 bridgehead atoms. The molecule has 0 radical (unpaired) electrons. The molecule has 1 N–H and O–H groups in total. The van der Waals surface area contributed by atoms with E-state index in [2.05, 4.69) is 25.3 Å². The molecule has 27 heavy (non-hydrogen) atoms. The summed E-state index contributed by atoms with van der Waals surface area (Å²) < 4.78 is 5.62. The largest absolute Gasteiger partial charge is 0.441 e. The first-order valence-corrected chi connectivity index (χ1v) is 8.44. The lowest BCUT2D eigenvalue weighted by Crippen LogP contribution is -2.00. The zero-order chi connectivity index (χ0) is 18.2. The Morgan fingerprint density at radius 3 is 2.70 bits per heavy atom. The van der Waals surface area contributed by atoms with E-state index in [9.17, 15) is 0 Å². The van der Waals surface area contributed by atoms with Crippen LogP contribution in [-0.2, 0) is 0 Å². The fraction of sp³-hybridized carbons (Fsp3) is 0.0500. The van der Waals surface area contributed by atoms with Crippen molar-refractivity contribution >= 4 is 33.6 Å². The molecule has 4 aromatic heterocycles. The average molecular weight is 354 g/mol. The third kappa shape index (κ3) is 2.85. The van der Waals surface area contributed by atoms with Gasteiger partial charge in [0.1, 0.15) is 11.3 Å². The normalized spacial score (nSPS) is 11.1. The number of fused-ring (bicyclic) bond motifs is 2. The lowest BCUT2D eigenvalue weighted by molar-refractivity contribution is 0.561. The van der Waals surface area contributed by atoms with E-state index in [0.717, 1.165) is 27.7 Å². The van der Waals surface area contributed by atoms with Gasteiger partial charge in [0, 0.05) is 42.8 Å². The summed E-state index contributed by atoms with van der Waals surface area (Å²) in [5, 5.41) is 4.20. The number of hydrogen-bond donors (Lipinski definition) is 1. The number of pyridine rings is 2. The molecule has 1 aromatic carbocycles. The third-order valence-corrected chi connectivity index (χ3v) is 4.17. The number of hydrogen-bond acceptors (Lipinski definition) is 7. The zero-order valence-electron chi connectivity index (χ0n) is 14.4. The highest BCUT2D eigenvalue weighted by Gasteiger charge is 2.11. The van der Waals surface area contributed by atoms with Crippen LogP contribution >= 0.6 is 0 Å². The van der Waals surface area contributed by atoms with Gasteiger partial charge in [0.25, 0.3) is 0 Å². The van der Waals surface area contributed by atoms with Gasteiger partial charge in [-0.15, -0.1) is 0 Å². The van der Waals surface area contributed by atoms with Gasteiger partial charge in [0.05, 0.1) is 5.39 Å². The second kappa shape index (κ2) is 6.14. The Bertz CT molecular complexity index is 1270. The smallest absolute Gasteiger partial charge is 0.192 e. The van der Waals surface area contributed by atoms with Crippen molar-refractivity contribution in [3.8, 4) is 11.4 Å². The highest BCUT2D eigenvalue weighted by atomic mass is 16.3. The van der Waals surface area contributed by atoms with Crippen LogP contribution in [0.3, 0.4) is 0 Å². The Morgan fingerprint density at radius 2 is 1.81 bits per heavy atom. The number of benzene rings is 1. The highest BCUT2D eigenvalue weighted by Crippen LogP contribution is 2.27. The molecule has 0 unspecified atom stereocenters. The molecule has 0 fully saturated rings. The lowest BCUT2D eigenvalue weighted by atomic mass is 10.2. The molecule has 7 nitrogen and oxygen atoms in total. The average Bonchev–Trinajstić information content (AvgIpc) is 3.08. The predicted octanol–water partition coefficient (Wildman–Crippen LogP) is 4.28. The van der Waals surface area contributed by atoms with Crippen LogP contribution in [0.15, 0.2) is 65.5 Å². The summed E-state index contributed by atoms with van der Waals surface area (Å²) in [6, 6.07) is 13.3. The van der Waals surface area contributed by atoms with Gasteiger partial charge in [0.15, 0.2) is 22.9 Å². The molecule has 0 aliphatic carbocycles. The number of rotatable bonds is 3. The standard InChI is InChI=1S/C20H14N6O/c1-12-23-16-5-4-14(11-17(16)27-12)24-20-15-3-2-8-22-19(15)25-18(26-20)13-6-9-21-10-7-13/h2-11H,1H3,(H,22,24,25,26). The topological polar surface area (TPSA) is 89.6 Å². The van der Waals surface area contributed by atoms with Crippen LogP contribution in [0.25, 0.3) is 33.5 Å². The number of aromatic nitrogens is 5. The van der Waals surface area contributed by atoms with Crippen molar-refractivity contribution < 1.29 is 4.42 Å². The van der Waals surface area contributed by atoms with Gasteiger partial charge >= 0.3 is 0 Å². The quantitative estimate of drug-likeness (QED) is 0.517. The second-order valence-electron chi connectivity index (χ2n) is 6.05. The third-order valence-electron chi connectivity index (χ3n) is 4.17. The molecule has 0 spiro atoms. The van der Waals surface area contributed by atoms with Crippen LogP contribution in [0.2, 0.25) is 0 Å². The van der Waals surface area contributed by atoms with Crippen molar-refractivity contribution in [3.63, 3.8) is 0 Å². The monoisotopic (exact) mass is 354 g/mol. The van der Waals surface area contributed by atoms with E-state index in [1.54, 1.807) is 18.6 Å². The maximum atomic E-state index is 5.62. The minimum Gasteiger partial charge on any atom is -0.441 e.